The Morgan fingerprint density at radius 1 is 1.05 bits per heavy atom. The molecule has 1 aromatic heterocycles. The zero-order valence-corrected chi connectivity index (χ0v) is 10.8. The lowest BCUT2D eigenvalue weighted by Gasteiger charge is -2.12. The zero-order valence-electron chi connectivity index (χ0n) is 10.1. The Hall–Kier alpha value is -2.20. The fraction of sp³-hybridized carbons (Fsp3) is 0.0714. The lowest BCUT2D eigenvalue weighted by molar-refractivity contribution is 0.0925. The molecule has 3 rings (SSSR count). The summed E-state index contributed by atoms with van der Waals surface area (Å²) in [7, 11) is 0. The van der Waals surface area contributed by atoms with E-state index in [9.17, 15) is 9.59 Å². The summed E-state index contributed by atoms with van der Waals surface area (Å²) in [5, 5.41) is 0.430. The molecule has 2 heterocycles. The number of nitrogens with zero attached hydrogens (tertiary/aromatic N) is 2. The maximum Gasteiger partial charge on any atom is 0.267 e. The van der Waals surface area contributed by atoms with E-state index in [-0.39, 0.29) is 11.8 Å². The molecule has 19 heavy (non-hydrogen) atoms. The molecule has 0 unspecified atom stereocenters. The number of hydrogen-bond acceptors (Lipinski definition) is 3. The van der Waals surface area contributed by atoms with Gasteiger partial charge >= 0.3 is 0 Å². The van der Waals surface area contributed by atoms with Crippen LogP contribution in [-0.2, 0) is 0 Å². The lowest BCUT2D eigenvalue weighted by atomic mass is 10.1. The van der Waals surface area contributed by atoms with Gasteiger partial charge in [0.2, 0.25) is 0 Å². The highest BCUT2D eigenvalue weighted by atomic mass is 35.5. The maximum atomic E-state index is 12.3. The predicted octanol–water partition coefficient (Wildman–Crippen LogP) is 2.84. The molecule has 2 aromatic rings. The summed E-state index contributed by atoms with van der Waals surface area (Å²) in [6, 6.07) is 9.86. The van der Waals surface area contributed by atoms with E-state index < -0.39 is 0 Å². The van der Waals surface area contributed by atoms with E-state index in [1.54, 1.807) is 37.3 Å². The van der Waals surface area contributed by atoms with E-state index in [1.165, 1.54) is 6.07 Å². The van der Waals surface area contributed by atoms with Crippen LogP contribution in [0.25, 0.3) is 0 Å². The number of pyridine rings is 1. The third-order valence-electron chi connectivity index (χ3n) is 2.95. The van der Waals surface area contributed by atoms with Crippen molar-refractivity contribution in [2.45, 2.75) is 6.92 Å². The number of fused-ring (bicyclic) bond motifs is 1. The first kappa shape index (κ1) is 11.9. The minimum Gasteiger partial charge on any atom is -0.268 e. The lowest BCUT2D eigenvalue weighted by Crippen LogP contribution is -2.30. The fourth-order valence-electron chi connectivity index (χ4n) is 2.07. The first-order valence-corrected chi connectivity index (χ1v) is 6.08. The number of halogens is 1. The molecule has 0 spiro atoms. The van der Waals surface area contributed by atoms with E-state index in [4.69, 9.17) is 11.6 Å². The summed E-state index contributed by atoms with van der Waals surface area (Å²) in [5.74, 6) is -0.419. The van der Waals surface area contributed by atoms with Crippen molar-refractivity contribution in [3.8, 4) is 0 Å². The minimum atomic E-state index is -0.388. The molecule has 1 aliphatic rings. The van der Waals surface area contributed by atoms with Gasteiger partial charge in [-0.15, -0.1) is 0 Å². The van der Waals surface area contributed by atoms with Gasteiger partial charge in [0.05, 0.1) is 11.1 Å². The van der Waals surface area contributed by atoms with Crippen LogP contribution in [-0.4, -0.2) is 16.8 Å². The zero-order chi connectivity index (χ0) is 13.6. The Labute approximate surface area is 114 Å². The van der Waals surface area contributed by atoms with E-state index in [0.717, 1.165) is 10.6 Å². The van der Waals surface area contributed by atoms with Gasteiger partial charge in [-0.1, -0.05) is 17.7 Å². The number of aryl methyl sites for hydroxylation is 1. The smallest absolute Gasteiger partial charge is 0.267 e. The van der Waals surface area contributed by atoms with Crippen molar-refractivity contribution in [1.82, 2.24) is 4.98 Å². The molecular formula is C14H9ClN2O2. The topological polar surface area (TPSA) is 50.3 Å². The van der Waals surface area contributed by atoms with Crippen LogP contribution in [0.4, 0.5) is 5.82 Å². The second kappa shape index (κ2) is 4.17. The molecule has 2 amide bonds. The molecule has 0 N–H and O–H groups in total. The molecule has 5 heteroatoms. The van der Waals surface area contributed by atoms with Crippen molar-refractivity contribution in [3.05, 3.63) is 58.2 Å². The van der Waals surface area contributed by atoms with E-state index >= 15 is 0 Å². The number of imide groups is 1. The maximum absolute atomic E-state index is 12.3. The average molecular weight is 273 g/mol. The van der Waals surface area contributed by atoms with Gasteiger partial charge in [0.15, 0.2) is 0 Å². The first-order chi connectivity index (χ1) is 9.08. The molecule has 4 nitrogen and oxygen atoms in total. The fourth-order valence-corrected chi connectivity index (χ4v) is 2.25. The molecule has 0 radical (unpaired) electrons. The number of anilines is 1. The highest BCUT2D eigenvalue weighted by molar-refractivity contribution is 6.36. The predicted molar refractivity (Wildman–Crippen MR) is 71.6 cm³/mol. The van der Waals surface area contributed by atoms with E-state index in [0.29, 0.717) is 22.0 Å². The molecule has 1 aliphatic heterocycles. The Bertz CT molecular complexity index is 712. The molecule has 0 fully saturated rings. The normalized spacial score (nSPS) is 13.9. The molecule has 1 aromatic carbocycles. The molecule has 0 aliphatic carbocycles. The van der Waals surface area contributed by atoms with Crippen molar-refractivity contribution in [3.63, 3.8) is 0 Å². The second-order valence-electron chi connectivity index (χ2n) is 4.27. The van der Waals surface area contributed by atoms with Crippen LogP contribution in [0.1, 0.15) is 26.4 Å². The molecule has 0 saturated carbocycles. The van der Waals surface area contributed by atoms with Crippen LogP contribution in [0.15, 0.2) is 36.4 Å². The van der Waals surface area contributed by atoms with Crippen LogP contribution in [0.2, 0.25) is 5.02 Å². The SMILES string of the molecule is Cc1cccc(N2C(=O)c3ccc(Cl)cc3C2=O)n1. The summed E-state index contributed by atoms with van der Waals surface area (Å²) in [6.45, 7) is 1.80. The van der Waals surface area contributed by atoms with Crippen LogP contribution in [0.3, 0.4) is 0 Å². The number of benzene rings is 1. The Kier molecular flexibility index (Phi) is 2.61. The Morgan fingerprint density at radius 3 is 2.53 bits per heavy atom. The molecule has 0 atom stereocenters. The number of amides is 2. The average Bonchev–Trinajstić information content (AvgIpc) is 2.61. The Balaban J connectivity index is 2.13. The van der Waals surface area contributed by atoms with Gasteiger partial charge in [-0.3, -0.25) is 9.59 Å². The summed E-state index contributed by atoms with van der Waals surface area (Å²) in [4.78, 5) is 29.8. The quantitative estimate of drug-likeness (QED) is 0.750. The van der Waals surface area contributed by atoms with Crippen LogP contribution in [0, 0.1) is 6.92 Å². The second-order valence-corrected chi connectivity index (χ2v) is 4.71. The number of rotatable bonds is 1. The minimum absolute atomic E-state index is 0.320. The monoisotopic (exact) mass is 272 g/mol. The third-order valence-corrected chi connectivity index (χ3v) is 3.19. The van der Waals surface area contributed by atoms with Crippen molar-refractivity contribution in [1.29, 1.82) is 0 Å². The van der Waals surface area contributed by atoms with Gasteiger partial charge < -0.3 is 0 Å². The summed E-state index contributed by atoms with van der Waals surface area (Å²) >= 11 is 5.86. The van der Waals surface area contributed by atoms with Gasteiger partial charge in [0, 0.05) is 10.7 Å². The highest BCUT2D eigenvalue weighted by Crippen LogP contribution is 2.29. The molecule has 0 bridgehead atoms. The third kappa shape index (κ3) is 1.81. The number of carbonyl (C=O) groups is 2. The van der Waals surface area contributed by atoms with Gasteiger partial charge in [0.1, 0.15) is 5.82 Å². The van der Waals surface area contributed by atoms with Crippen LogP contribution < -0.4 is 4.90 Å². The van der Waals surface area contributed by atoms with Gasteiger partial charge in [0.25, 0.3) is 11.8 Å². The Morgan fingerprint density at radius 2 is 1.79 bits per heavy atom. The summed E-state index contributed by atoms with van der Waals surface area (Å²) in [6.07, 6.45) is 0. The van der Waals surface area contributed by atoms with Crippen LogP contribution >= 0.6 is 11.6 Å². The first-order valence-electron chi connectivity index (χ1n) is 5.70. The molecule has 94 valence electrons. The van der Waals surface area contributed by atoms with Gasteiger partial charge in [-0.2, -0.15) is 0 Å². The van der Waals surface area contributed by atoms with Gasteiger partial charge in [-0.25, -0.2) is 9.88 Å². The van der Waals surface area contributed by atoms with E-state index in [1.807, 2.05) is 0 Å². The molecular weight excluding hydrogens is 264 g/mol. The largest absolute Gasteiger partial charge is 0.268 e. The van der Waals surface area contributed by atoms with Crippen molar-refractivity contribution < 1.29 is 9.59 Å². The van der Waals surface area contributed by atoms with Crippen molar-refractivity contribution >= 4 is 29.2 Å². The summed E-state index contributed by atoms with van der Waals surface area (Å²) in [5.41, 5.74) is 1.42. The molecule has 0 saturated heterocycles. The number of hydrogen-bond donors (Lipinski definition) is 0. The summed E-state index contributed by atoms with van der Waals surface area (Å²) < 4.78 is 0. The highest BCUT2D eigenvalue weighted by Gasteiger charge is 2.37. The van der Waals surface area contributed by atoms with Crippen molar-refractivity contribution in [2.24, 2.45) is 0 Å². The number of carbonyl (C=O) groups excluding carboxylic acids is 2. The van der Waals surface area contributed by atoms with Gasteiger partial charge in [-0.05, 0) is 37.3 Å². The van der Waals surface area contributed by atoms with Crippen LogP contribution in [0.5, 0.6) is 0 Å². The van der Waals surface area contributed by atoms with E-state index in [2.05, 4.69) is 4.98 Å². The van der Waals surface area contributed by atoms with Crippen molar-refractivity contribution in [2.75, 3.05) is 4.90 Å². The number of aromatic nitrogens is 1. The standard InChI is InChI=1S/C14H9ClN2O2/c1-8-3-2-4-12(16-8)17-13(18)10-6-5-9(15)7-11(10)14(17)19/h2-7H,1H3.